The molecule has 0 radical (unpaired) electrons. The first kappa shape index (κ1) is 15.9. The molecule has 0 spiro atoms. The van der Waals surface area contributed by atoms with Crippen molar-refractivity contribution >= 4 is 11.9 Å². The molecule has 0 aromatic carbocycles. The van der Waals surface area contributed by atoms with Crippen LogP contribution in [0.25, 0.3) is 0 Å². The summed E-state index contributed by atoms with van der Waals surface area (Å²) in [6, 6.07) is 0.840. The lowest BCUT2D eigenvalue weighted by Gasteiger charge is -2.16. The summed E-state index contributed by atoms with van der Waals surface area (Å²) in [4.78, 5) is 16.3. The highest BCUT2D eigenvalue weighted by Crippen LogP contribution is 2.17. The molecule has 0 saturated heterocycles. The quantitative estimate of drug-likeness (QED) is 0.397. The predicted molar refractivity (Wildman–Crippen MR) is 86.3 cm³/mol. The van der Waals surface area contributed by atoms with Crippen LogP contribution in [0, 0.1) is 0 Å². The van der Waals surface area contributed by atoms with Crippen LogP contribution >= 0.6 is 0 Å². The van der Waals surface area contributed by atoms with Gasteiger partial charge in [-0.25, -0.2) is 0 Å². The maximum Gasteiger partial charge on any atom is 0.222 e. The Labute approximate surface area is 127 Å². The van der Waals surface area contributed by atoms with Gasteiger partial charge in [-0.3, -0.25) is 9.79 Å². The monoisotopic (exact) mass is 292 g/mol. The number of hydrogen-bond acceptors (Lipinski definition) is 2. The van der Waals surface area contributed by atoms with Gasteiger partial charge in [0.15, 0.2) is 5.96 Å². The SMILES string of the molecule is CCNC(=NCCC(=O)NC1CCCC1)NC1CC=CC1. The van der Waals surface area contributed by atoms with Crippen LogP contribution in [-0.2, 0) is 4.79 Å². The number of hydrogen-bond donors (Lipinski definition) is 3. The van der Waals surface area contributed by atoms with Crippen molar-refractivity contribution in [2.24, 2.45) is 4.99 Å². The van der Waals surface area contributed by atoms with E-state index in [1.165, 1.54) is 12.8 Å². The van der Waals surface area contributed by atoms with Gasteiger partial charge in [0.25, 0.3) is 0 Å². The maximum atomic E-state index is 11.9. The number of carbonyl (C=O) groups is 1. The second-order valence-corrected chi connectivity index (χ2v) is 5.84. The molecule has 3 N–H and O–H groups in total. The number of carbonyl (C=O) groups excluding carboxylic acids is 1. The Morgan fingerprint density at radius 1 is 1.14 bits per heavy atom. The average molecular weight is 292 g/mol. The van der Waals surface area contributed by atoms with Crippen molar-refractivity contribution in [3.63, 3.8) is 0 Å². The van der Waals surface area contributed by atoms with E-state index >= 15 is 0 Å². The summed E-state index contributed by atoms with van der Waals surface area (Å²) >= 11 is 0. The predicted octanol–water partition coefficient (Wildman–Crippen LogP) is 1.71. The number of amides is 1. The van der Waals surface area contributed by atoms with Crippen LogP contribution in [0.5, 0.6) is 0 Å². The first-order valence-corrected chi connectivity index (χ1v) is 8.27. The summed E-state index contributed by atoms with van der Waals surface area (Å²) in [5.41, 5.74) is 0. The molecule has 2 rings (SSSR count). The van der Waals surface area contributed by atoms with Crippen molar-refractivity contribution in [3.8, 4) is 0 Å². The van der Waals surface area contributed by atoms with Crippen LogP contribution in [0.1, 0.15) is 51.9 Å². The molecule has 1 saturated carbocycles. The van der Waals surface area contributed by atoms with Gasteiger partial charge in [-0.2, -0.15) is 0 Å². The van der Waals surface area contributed by atoms with Gasteiger partial charge in [-0.1, -0.05) is 25.0 Å². The van der Waals surface area contributed by atoms with Crippen molar-refractivity contribution in [1.29, 1.82) is 0 Å². The third-order valence-electron chi connectivity index (χ3n) is 4.02. The van der Waals surface area contributed by atoms with Crippen molar-refractivity contribution < 1.29 is 4.79 Å². The molecular weight excluding hydrogens is 264 g/mol. The lowest BCUT2D eigenvalue weighted by Crippen LogP contribution is -2.42. The van der Waals surface area contributed by atoms with E-state index < -0.39 is 0 Å². The average Bonchev–Trinajstić information content (AvgIpc) is 3.12. The van der Waals surface area contributed by atoms with Crippen LogP contribution in [0.3, 0.4) is 0 Å². The summed E-state index contributed by atoms with van der Waals surface area (Å²) in [6.07, 6.45) is 11.7. The minimum absolute atomic E-state index is 0.129. The molecule has 5 nitrogen and oxygen atoms in total. The summed E-state index contributed by atoms with van der Waals surface area (Å²) in [5, 5.41) is 9.74. The van der Waals surface area contributed by atoms with Crippen LogP contribution in [-0.4, -0.2) is 37.0 Å². The first-order valence-electron chi connectivity index (χ1n) is 8.27. The lowest BCUT2D eigenvalue weighted by molar-refractivity contribution is -0.121. The molecule has 0 aromatic heterocycles. The van der Waals surface area contributed by atoms with Crippen LogP contribution < -0.4 is 16.0 Å². The Kier molecular flexibility index (Phi) is 6.57. The highest BCUT2D eigenvalue weighted by molar-refractivity contribution is 5.81. The lowest BCUT2D eigenvalue weighted by atomic mass is 10.2. The third-order valence-corrected chi connectivity index (χ3v) is 4.02. The highest BCUT2D eigenvalue weighted by atomic mass is 16.1. The molecule has 0 unspecified atom stereocenters. The van der Waals surface area contributed by atoms with Crippen molar-refractivity contribution in [3.05, 3.63) is 12.2 Å². The molecule has 0 atom stereocenters. The largest absolute Gasteiger partial charge is 0.357 e. The van der Waals surface area contributed by atoms with Crippen LogP contribution in [0.4, 0.5) is 0 Å². The molecule has 0 aliphatic heterocycles. The molecule has 2 aliphatic carbocycles. The number of guanidine groups is 1. The van der Waals surface area contributed by atoms with E-state index in [0.717, 1.165) is 38.2 Å². The van der Waals surface area contributed by atoms with Gasteiger partial charge >= 0.3 is 0 Å². The maximum absolute atomic E-state index is 11.9. The zero-order valence-corrected chi connectivity index (χ0v) is 13.0. The van der Waals surface area contributed by atoms with E-state index in [9.17, 15) is 4.79 Å². The minimum atomic E-state index is 0.129. The van der Waals surface area contributed by atoms with Gasteiger partial charge in [0, 0.05) is 25.0 Å². The van der Waals surface area contributed by atoms with E-state index in [4.69, 9.17) is 0 Å². The number of nitrogens with zero attached hydrogens (tertiary/aromatic N) is 1. The van der Waals surface area contributed by atoms with E-state index in [1.54, 1.807) is 0 Å². The van der Waals surface area contributed by atoms with Gasteiger partial charge in [0.2, 0.25) is 5.91 Å². The van der Waals surface area contributed by atoms with E-state index in [-0.39, 0.29) is 5.91 Å². The van der Waals surface area contributed by atoms with E-state index in [1.807, 2.05) is 0 Å². The molecule has 1 amide bonds. The molecule has 0 aromatic rings. The topological polar surface area (TPSA) is 65.5 Å². The van der Waals surface area contributed by atoms with Gasteiger partial charge < -0.3 is 16.0 Å². The fourth-order valence-corrected chi connectivity index (χ4v) is 2.89. The van der Waals surface area contributed by atoms with Crippen LogP contribution in [0.2, 0.25) is 0 Å². The molecule has 118 valence electrons. The van der Waals surface area contributed by atoms with Gasteiger partial charge in [-0.15, -0.1) is 0 Å². The van der Waals surface area contributed by atoms with Gasteiger partial charge in [0.1, 0.15) is 0 Å². The third kappa shape index (κ3) is 5.78. The second kappa shape index (κ2) is 8.70. The van der Waals surface area contributed by atoms with E-state index in [0.29, 0.717) is 25.0 Å². The normalized spacial score (nSPS) is 20.0. The molecule has 21 heavy (non-hydrogen) atoms. The summed E-state index contributed by atoms with van der Waals surface area (Å²) < 4.78 is 0. The second-order valence-electron chi connectivity index (χ2n) is 5.84. The Morgan fingerprint density at radius 2 is 1.86 bits per heavy atom. The van der Waals surface area contributed by atoms with Crippen molar-refractivity contribution in [2.75, 3.05) is 13.1 Å². The Morgan fingerprint density at radius 3 is 2.52 bits per heavy atom. The summed E-state index contributed by atoms with van der Waals surface area (Å²) in [7, 11) is 0. The van der Waals surface area contributed by atoms with Crippen molar-refractivity contribution in [2.45, 2.75) is 64.0 Å². The van der Waals surface area contributed by atoms with Crippen LogP contribution in [0.15, 0.2) is 17.1 Å². The molecule has 0 bridgehead atoms. The number of rotatable bonds is 6. The minimum Gasteiger partial charge on any atom is -0.357 e. The Hall–Kier alpha value is -1.52. The van der Waals surface area contributed by atoms with Crippen molar-refractivity contribution in [1.82, 2.24) is 16.0 Å². The summed E-state index contributed by atoms with van der Waals surface area (Å²) in [6.45, 7) is 3.42. The summed E-state index contributed by atoms with van der Waals surface area (Å²) in [5.74, 6) is 0.948. The number of aliphatic imine (C=N–C) groups is 1. The molecule has 5 heteroatoms. The fraction of sp³-hybridized carbons (Fsp3) is 0.750. The Balaban J connectivity index is 1.69. The molecule has 0 heterocycles. The smallest absolute Gasteiger partial charge is 0.222 e. The van der Waals surface area contributed by atoms with Gasteiger partial charge in [-0.05, 0) is 32.6 Å². The molecule has 2 aliphatic rings. The highest BCUT2D eigenvalue weighted by Gasteiger charge is 2.16. The molecule has 1 fully saturated rings. The fourth-order valence-electron chi connectivity index (χ4n) is 2.89. The standard InChI is InChI=1S/C16H28N4O/c1-2-17-16(20-14-9-5-6-10-14)18-12-11-15(21)19-13-7-3-4-8-13/h5-6,13-14H,2-4,7-12H2,1H3,(H,19,21)(H2,17,18,20). The zero-order valence-electron chi connectivity index (χ0n) is 13.0. The first-order chi connectivity index (χ1) is 10.3. The zero-order chi connectivity index (χ0) is 14.9. The molecular formula is C16H28N4O. The van der Waals surface area contributed by atoms with Gasteiger partial charge in [0.05, 0.1) is 6.54 Å². The Bertz CT molecular complexity index is 378. The van der Waals surface area contributed by atoms with E-state index in [2.05, 4.69) is 40.0 Å². The number of nitrogens with one attached hydrogen (secondary N) is 3.